The van der Waals surface area contributed by atoms with Crippen LogP contribution in [0.4, 0.5) is 0 Å². The van der Waals surface area contributed by atoms with Gasteiger partial charge in [-0.1, -0.05) is 0 Å². The van der Waals surface area contributed by atoms with Crippen LogP contribution in [0.15, 0.2) is 12.4 Å². The molecule has 1 saturated heterocycles. The predicted molar refractivity (Wildman–Crippen MR) is 55.3 cm³/mol. The van der Waals surface area contributed by atoms with Crippen LogP contribution in [0.25, 0.3) is 0 Å². The lowest BCUT2D eigenvalue weighted by atomic mass is 10.2. The Labute approximate surface area is 89.0 Å². The summed E-state index contributed by atoms with van der Waals surface area (Å²) in [4.78, 5) is 0. The molecule has 1 unspecified atom stereocenters. The van der Waals surface area contributed by atoms with Crippen molar-refractivity contribution in [3.63, 3.8) is 0 Å². The number of hydrogen-bond donors (Lipinski definition) is 0. The Hall–Kier alpha value is -1.04. The monoisotopic (exact) mass is 230 g/mol. The van der Waals surface area contributed by atoms with Gasteiger partial charge in [0, 0.05) is 7.05 Å². The molecule has 5 nitrogen and oxygen atoms in total. The molecule has 6 heteroatoms. The number of sulfone groups is 1. The van der Waals surface area contributed by atoms with Gasteiger partial charge >= 0.3 is 0 Å². The van der Waals surface area contributed by atoms with E-state index in [4.69, 9.17) is 4.74 Å². The van der Waals surface area contributed by atoms with Crippen molar-refractivity contribution in [2.75, 3.05) is 5.75 Å². The minimum absolute atomic E-state index is 0.234. The topological polar surface area (TPSA) is 61.2 Å². The van der Waals surface area contributed by atoms with E-state index in [0.29, 0.717) is 12.2 Å². The zero-order valence-electron chi connectivity index (χ0n) is 8.59. The Morgan fingerprint density at radius 2 is 2.33 bits per heavy atom. The van der Waals surface area contributed by atoms with Gasteiger partial charge in [-0.3, -0.25) is 4.68 Å². The largest absolute Gasteiger partial charge is 0.471 e. The first kappa shape index (κ1) is 10.5. The molecule has 1 fully saturated rings. The lowest BCUT2D eigenvalue weighted by Crippen LogP contribution is -2.33. The fourth-order valence-electron chi connectivity index (χ4n) is 1.67. The van der Waals surface area contributed by atoms with Crippen molar-refractivity contribution in [2.45, 2.75) is 24.7 Å². The van der Waals surface area contributed by atoms with Crippen LogP contribution in [-0.4, -0.2) is 29.4 Å². The van der Waals surface area contributed by atoms with Crippen LogP contribution in [0.3, 0.4) is 0 Å². The Kier molecular flexibility index (Phi) is 2.68. The molecule has 1 aromatic rings. The summed E-state index contributed by atoms with van der Waals surface area (Å²) in [6.45, 7) is 0. The maximum Gasteiger partial charge on any atom is 0.199 e. The van der Waals surface area contributed by atoms with Gasteiger partial charge in [0.1, 0.15) is 0 Å². The first-order valence-electron chi connectivity index (χ1n) is 4.95. The first-order valence-corrected chi connectivity index (χ1v) is 6.66. The van der Waals surface area contributed by atoms with E-state index in [2.05, 4.69) is 5.10 Å². The van der Waals surface area contributed by atoms with E-state index in [0.717, 1.165) is 12.8 Å². The van der Waals surface area contributed by atoms with Gasteiger partial charge in [-0.25, -0.2) is 8.42 Å². The average molecular weight is 230 g/mol. The van der Waals surface area contributed by atoms with Gasteiger partial charge in [-0.2, -0.15) is 5.10 Å². The molecule has 15 heavy (non-hydrogen) atoms. The van der Waals surface area contributed by atoms with Gasteiger partial charge in [0.25, 0.3) is 0 Å². The van der Waals surface area contributed by atoms with E-state index in [-0.39, 0.29) is 5.75 Å². The molecule has 84 valence electrons. The average Bonchev–Trinajstić information content (AvgIpc) is 2.55. The van der Waals surface area contributed by atoms with Crippen molar-refractivity contribution in [3.8, 4) is 5.75 Å². The van der Waals surface area contributed by atoms with Crippen molar-refractivity contribution in [1.82, 2.24) is 9.78 Å². The van der Waals surface area contributed by atoms with Gasteiger partial charge < -0.3 is 4.74 Å². The number of ether oxygens (including phenoxy) is 1. The smallest absolute Gasteiger partial charge is 0.199 e. The molecule has 0 aliphatic carbocycles. The van der Waals surface area contributed by atoms with Crippen LogP contribution in [0.1, 0.15) is 19.3 Å². The minimum Gasteiger partial charge on any atom is -0.471 e. The van der Waals surface area contributed by atoms with Gasteiger partial charge in [0.05, 0.1) is 18.1 Å². The number of nitrogens with zero attached hydrogens (tertiary/aromatic N) is 2. The summed E-state index contributed by atoms with van der Waals surface area (Å²) in [6, 6.07) is 0. The summed E-state index contributed by atoms with van der Waals surface area (Å²) in [6.07, 6.45) is 5.44. The molecule has 0 radical (unpaired) electrons. The molecular formula is C9H14N2O3S. The molecule has 1 aromatic heterocycles. The molecule has 0 N–H and O–H groups in total. The van der Waals surface area contributed by atoms with Crippen molar-refractivity contribution in [2.24, 2.45) is 7.05 Å². The zero-order chi connectivity index (χ0) is 10.9. The number of aryl methyl sites for hydroxylation is 1. The first-order chi connectivity index (χ1) is 7.08. The summed E-state index contributed by atoms with van der Waals surface area (Å²) in [5.74, 6) is 0.755. The number of rotatable bonds is 2. The number of aromatic nitrogens is 2. The third kappa shape index (κ3) is 2.31. The standard InChI is InChI=1S/C9H14N2O3S/c1-11-7-8(6-10-11)14-9-4-2-3-5-15(9,12)13/h6-7,9H,2-5H2,1H3. The van der Waals surface area contributed by atoms with Gasteiger partial charge in [-0.05, 0) is 19.3 Å². The Morgan fingerprint density at radius 1 is 1.53 bits per heavy atom. The van der Waals surface area contributed by atoms with Crippen LogP contribution in [0.5, 0.6) is 5.75 Å². The SMILES string of the molecule is Cn1cc(OC2CCCCS2(=O)=O)cn1. The van der Waals surface area contributed by atoms with Crippen LogP contribution in [-0.2, 0) is 16.9 Å². The summed E-state index contributed by atoms with van der Waals surface area (Å²) >= 11 is 0. The molecule has 1 atom stereocenters. The molecule has 1 aliphatic rings. The molecule has 0 spiro atoms. The van der Waals surface area contributed by atoms with Gasteiger partial charge in [0.2, 0.25) is 0 Å². The summed E-state index contributed by atoms with van der Waals surface area (Å²) < 4.78 is 30.3. The number of hydrogen-bond acceptors (Lipinski definition) is 4. The summed E-state index contributed by atoms with van der Waals surface area (Å²) in [7, 11) is -1.31. The summed E-state index contributed by atoms with van der Waals surface area (Å²) in [5, 5.41) is 3.93. The van der Waals surface area contributed by atoms with Crippen molar-refractivity contribution in [3.05, 3.63) is 12.4 Å². The van der Waals surface area contributed by atoms with Crippen molar-refractivity contribution >= 4 is 9.84 Å². The molecule has 2 rings (SSSR count). The third-order valence-corrected chi connectivity index (χ3v) is 4.46. The Balaban J connectivity index is 2.11. The van der Waals surface area contributed by atoms with E-state index >= 15 is 0 Å². The molecule has 1 aliphatic heterocycles. The molecular weight excluding hydrogens is 216 g/mol. The van der Waals surface area contributed by atoms with Crippen molar-refractivity contribution < 1.29 is 13.2 Å². The molecule has 0 saturated carbocycles. The van der Waals surface area contributed by atoms with E-state index in [9.17, 15) is 8.42 Å². The molecule has 0 aromatic carbocycles. The highest BCUT2D eigenvalue weighted by molar-refractivity contribution is 7.91. The van der Waals surface area contributed by atoms with Crippen LogP contribution in [0, 0.1) is 0 Å². The highest BCUT2D eigenvalue weighted by atomic mass is 32.2. The lowest BCUT2D eigenvalue weighted by molar-refractivity contribution is 0.251. The predicted octanol–water partition coefficient (Wildman–Crippen LogP) is 0.724. The van der Waals surface area contributed by atoms with E-state index < -0.39 is 15.3 Å². The maximum absolute atomic E-state index is 11.6. The quantitative estimate of drug-likeness (QED) is 0.751. The van der Waals surface area contributed by atoms with Crippen molar-refractivity contribution in [1.29, 1.82) is 0 Å². The van der Waals surface area contributed by atoms with Gasteiger partial charge in [0.15, 0.2) is 21.0 Å². The fraction of sp³-hybridized carbons (Fsp3) is 0.667. The third-order valence-electron chi connectivity index (χ3n) is 2.47. The minimum atomic E-state index is -3.07. The second-order valence-corrected chi connectivity index (χ2v) is 6.02. The maximum atomic E-state index is 11.6. The second kappa shape index (κ2) is 3.84. The van der Waals surface area contributed by atoms with Crippen LogP contribution in [0.2, 0.25) is 0 Å². The molecule has 0 bridgehead atoms. The second-order valence-electron chi connectivity index (χ2n) is 3.76. The highest BCUT2D eigenvalue weighted by Gasteiger charge is 2.30. The summed E-state index contributed by atoms with van der Waals surface area (Å²) in [5.41, 5.74) is -0.685. The van der Waals surface area contributed by atoms with E-state index in [1.54, 1.807) is 17.9 Å². The fourth-order valence-corrected chi connectivity index (χ4v) is 3.32. The Bertz CT molecular complexity index is 438. The van der Waals surface area contributed by atoms with Crippen LogP contribution >= 0.6 is 0 Å². The Morgan fingerprint density at radius 3 is 2.93 bits per heavy atom. The van der Waals surface area contributed by atoms with Crippen LogP contribution < -0.4 is 4.74 Å². The lowest BCUT2D eigenvalue weighted by Gasteiger charge is -2.22. The molecule has 2 heterocycles. The van der Waals surface area contributed by atoms with E-state index in [1.165, 1.54) is 6.20 Å². The molecule has 0 amide bonds. The van der Waals surface area contributed by atoms with Gasteiger partial charge in [-0.15, -0.1) is 0 Å². The normalized spacial score (nSPS) is 25.0. The highest BCUT2D eigenvalue weighted by Crippen LogP contribution is 2.22. The zero-order valence-corrected chi connectivity index (χ0v) is 9.40. The van der Waals surface area contributed by atoms with E-state index in [1.807, 2.05) is 0 Å².